The van der Waals surface area contributed by atoms with Crippen LogP contribution < -0.4 is 0 Å². The van der Waals surface area contributed by atoms with Crippen LogP contribution in [0.5, 0.6) is 0 Å². The highest BCUT2D eigenvalue weighted by atomic mass is 19.1. The number of rotatable bonds is 3. The van der Waals surface area contributed by atoms with Crippen LogP contribution in [0.2, 0.25) is 0 Å². The third-order valence-electron chi connectivity index (χ3n) is 3.68. The van der Waals surface area contributed by atoms with E-state index in [4.69, 9.17) is 0 Å². The highest BCUT2D eigenvalue weighted by Crippen LogP contribution is 2.25. The summed E-state index contributed by atoms with van der Waals surface area (Å²) in [6.07, 6.45) is 0.657. The van der Waals surface area contributed by atoms with Gasteiger partial charge in [0.2, 0.25) is 0 Å². The molecule has 0 atom stereocenters. The predicted molar refractivity (Wildman–Crippen MR) is 83.9 cm³/mol. The topological polar surface area (TPSA) is 34.1 Å². The molecule has 108 valence electrons. The van der Waals surface area contributed by atoms with Crippen LogP contribution in [-0.2, 0) is 0 Å². The summed E-state index contributed by atoms with van der Waals surface area (Å²) < 4.78 is 13.4. The lowest BCUT2D eigenvalue weighted by Crippen LogP contribution is -2.06. The second-order valence-corrected chi connectivity index (χ2v) is 5.21. The van der Waals surface area contributed by atoms with Crippen LogP contribution in [0.15, 0.2) is 54.6 Å². The third kappa shape index (κ3) is 2.42. The van der Waals surface area contributed by atoms with Crippen molar-refractivity contribution in [3.63, 3.8) is 0 Å². The number of hydrogen-bond acceptors (Lipinski definition) is 2. The zero-order valence-electron chi connectivity index (χ0n) is 12.0. The molecule has 0 spiro atoms. The number of halogens is 1. The summed E-state index contributed by atoms with van der Waals surface area (Å²) in [6.45, 7) is 1.94. The zero-order valence-corrected chi connectivity index (χ0v) is 12.0. The molecule has 0 saturated carbocycles. The fourth-order valence-electron chi connectivity index (χ4n) is 2.52. The molecule has 0 radical (unpaired) electrons. The van der Waals surface area contributed by atoms with Gasteiger partial charge in [0.1, 0.15) is 5.82 Å². The van der Waals surface area contributed by atoms with E-state index in [2.05, 4.69) is 0 Å². The van der Waals surface area contributed by atoms with Gasteiger partial charge in [-0.15, -0.1) is 0 Å². The summed E-state index contributed by atoms with van der Waals surface area (Å²) in [5.74, 6) is -0.612. The molecule has 2 nitrogen and oxygen atoms in total. The number of aldehydes is 1. The summed E-state index contributed by atoms with van der Waals surface area (Å²) in [4.78, 5) is 24.1. The quantitative estimate of drug-likeness (QED) is 0.532. The van der Waals surface area contributed by atoms with Gasteiger partial charge in [-0.3, -0.25) is 9.59 Å². The molecule has 0 aliphatic carbocycles. The highest BCUT2D eigenvalue weighted by Gasteiger charge is 2.17. The van der Waals surface area contributed by atoms with E-state index in [0.29, 0.717) is 33.7 Å². The largest absolute Gasteiger partial charge is 0.298 e. The minimum absolute atomic E-state index is 0.237. The Hall–Kier alpha value is -2.81. The molecule has 0 fully saturated rings. The lowest BCUT2D eigenvalue weighted by atomic mass is 9.93. The first-order valence-electron chi connectivity index (χ1n) is 6.89. The first kappa shape index (κ1) is 14.1. The van der Waals surface area contributed by atoms with Gasteiger partial charge in [-0.25, -0.2) is 4.39 Å². The number of benzene rings is 3. The molecule has 3 aromatic carbocycles. The first-order chi connectivity index (χ1) is 10.6. The molecule has 3 aromatic rings. The van der Waals surface area contributed by atoms with E-state index in [1.165, 1.54) is 12.1 Å². The molecule has 0 heterocycles. The van der Waals surface area contributed by atoms with Crippen LogP contribution >= 0.6 is 0 Å². The molecule has 3 rings (SSSR count). The maximum absolute atomic E-state index is 13.4. The molecule has 3 heteroatoms. The van der Waals surface area contributed by atoms with Crippen molar-refractivity contribution in [3.8, 4) is 0 Å². The van der Waals surface area contributed by atoms with Crippen LogP contribution in [0.25, 0.3) is 10.8 Å². The van der Waals surface area contributed by atoms with Gasteiger partial charge < -0.3 is 0 Å². The van der Waals surface area contributed by atoms with Crippen molar-refractivity contribution in [2.24, 2.45) is 0 Å². The number of carbonyl (C=O) groups excluding carboxylic acids is 2. The normalized spacial score (nSPS) is 10.6. The van der Waals surface area contributed by atoms with E-state index >= 15 is 0 Å². The van der Waals surface area contributed by atoms with Gasteiger partial charge in [0, 0.05) is 16.7 Å². The van der Waals surface area contributed by atoms with Crippen molar-refractivity contribution in [2.45, 2.75) is 6.92 Å². The maximum atomic E-state index is 13.4. The first-order valence-corrected chi connectivity index (χ1v) is 6.89. The number of fused-ring (bicyclic) bond motifs is 1. The molecule has 0 unspecified atom stereocenters. The second kappa shape index (κ2) is 5.53. The lowest BCUT2D eigenvalue weighted by molar-refractivity contribution is 0.103. The smallest absolute Gasteiger partial charge is 0.194 e. The van der Waals surface area contributed by atoms with E-state index in [1.807, 2.05) is 19.1 Å². The number of carbonyl (C=O) groups is 2. The van der Waals surface area contributed by atoms with Crippen molar-refractivity contribution in [1.29, 1.82) is 0 Å². The standard InChI is InChI=1S/C19H13FO2/c1-12-2-4-13(5-3-12)19(22)18-15(11-21)7-6-14-10-16(20)8-9-17(14)18/h2-11H,1H3. The van der Waals surface area contributed by atoms with Crippen molar-refractivity contribution in [2.75, 3.05) is 0 Å². The summed E-state index contributed by atoms with van der Waals surface area (Å²) in [6, 6.07) is 14.5. The molecule has 0 aliphatic rings. The van der Waals surface area contributed by atoms with Crippen molar-refractivity contribution in [3.05, 3.63) is 82.7 Å². The molecule has 0 saturated heterocycles. The van der Waals surface area contributed by atoms with E-state index in [-0.39, 0.29) is 11.6 Å². The third-order valence-corrected chi connectivity index (χ3v) is 3.68. The van der Waals surface area contributed by atoms with Crippen molar-refractivity contribution in [1.82, 2.24) is 0 Å². The van der Waals surface area contributed by atoms with Gasteiger partial charge >= 0.3 is 0 Å². The Balaban J connectivity index is 2.25. The average Bonchev–Trinajstić information content (AvgIpc) is 2.53. The Bertz CT molecular complexity index is 880. The predicted octanol–water partition coefficient (Wildman–Crippen LogP) is 4.33. The summed E-state index contributed by atoms with van der Waals surface area (Å²) in [5, 5.41) is 1.18. The number of hydrogen-bond donors (Lipinski definition) is 0. The van der Waals surface area contributed by atoms with Gasteiger partial charge in [0.05, 0.1) is 0 Å². The lowest BCUT2D eigenvalue weighted by Gasteiger charge is -2.09. The highest BCUT2D eigenvalue weighted by molar-refractivity contribution is 6.20. The summed E-state index contributed by atoms with van der Waals surface area (Å²) in [5.41, 5.74) is 2.18. The van der Waals surface area contributed by atoms with Crippen molar-refractivity contribution < 1.29 is 14.0 Å². The summed E-state index contributed by atoms with van der Waals surface area (Å²) >= 11 is 0. The Morgan fingerprint density at radius 2 is 1.73 bits per heavy atom. The summed E-state index contributed by atoms with van der Waals surface area (Å²) in [7, 11) is 0. The van der Waals surface area contributed by atoms with E-state index in [9.17, 15) is 14.0 Å². The minimum atomic E-state index is -0.375. The van der Waals surface area contributed by atoms with E-state index < -0.39 is 0 Å². The number of ketones is 1. The molecule has 0 amide bonds. The van der Waals surface area contributed by atoms with Crippen LogP contribution in [0.4, 0.5) is 4.39 Å². The number of aryl methyl sites for hydroxylation is 1. The Morgan fingerprint density at radius 3 is 2.41 bits per heavy atom. The van der Waals surface area contributed by atoms with Gasteiger partial charge in [0.25, 0.3) is 0 Å². The van der Waals surface area contributed by atoms with Gasteiger partial charge in [-0.05, 0) is 29.8 Å². The fourth-order valence-corrected chi connectivity index (χ4v) is 2.52. The SMILES string of the molecule is Cc1ccc(C(=O)c2c(C=O)ccc3cc(F)ccc23)cc1. The van der Waals surface area contributed by atoms with Crippen LogP contribution in [0, 0.1) is 12.7 Å². The van der Waals surface area contributed by atoms with E-state index in [0.717, 1.165) is 5.56 Å². The monoisotopic (exact) mass is 292 g/mol. The zero-order chi connectivity index (χ0) is 15.7. The molecular formula is C19H13FO2. The maximum Gasteiger partial charge on any atom is 0.194 e. The fraction of sp³-hybridized carbons (Fsp3) is 0.0526. The molecule has 0 aliphatic heterocycles. The van der Waals surface area contributed by atoms with Crippen molar-refractivity contribution >= 4 is 22.8 Å². The van der Waals surface area contributed by atoms with Gasteiger partial charge in [-0.2, -0.15) is 0 Å². The van der Waals surface area contributed by atoms with Crippen LogP contribution in [-0.4, -0.2) is 12.1 Å². The minimum Gasteiger partial charge on any atom is -0.298 e. The molecule has 0 N–H and O–H groups in total. The average molecular weight is 292 g/mol. The molecule has 0 aromatic heterocycles. The molecule has 22 heavy (non-hydrogen) atoms. The van der Waals surface area contributed by atoms with Gasteiger partial charge in [-0.1, -0.05) is 48.0 Å². The van der Waals surface area contributed by atoms with E-state index in [1.54, 1.807) is 30.3 Å². The Kier molecular flexibility index (Phi) is 3.55. The molecule has 0 bridgehead atoms. The second-order valence-electron chi connectivity index (χ2n) is 5.21. The van der Waals surface area contributed by atoms with Crippen LogP contribution in [0.3, 0.4) is 0 Å². The molecular weight excluding hydrogens is 279 g/mol. The Morgan fingerprint density at radius 1 is 1.00 bits per heavy atom. The Labute approximate surface area is 127 Å². The van der Waals surface area contributed by atoms with Crippen LogP contribution in [0.1, 0.15) is 31.8 Å². The van der Waals surface area contributed by atoms with Gasteiger partial charge in [0.15, 0.2) is 12.1 Å².